The Morgan fingerprint density at radius 2 is 1.72 bits per heavy atom. The number of rotatable bonds is 4. The monoisotopic (exact) mass is 382 g/mol. The number of amides is 3. The third kappa shape index (κ3) is 4.43. The van der Waals surface area contributed by atoms with Crippen molar-refractivity contribution in [1.82, 2.24) is 5.32 Å². The topological polar surface area (TPSA) is 119 Å². The maximum Gasteiger partial charge on any atom is 0.413 e. The van der Waals surface area contributed by atoms with Crippen LogP contribution in [0.25, 0.3) is 0 Å². The molecule has 25 heavy (non-hydrogen) atoms. The first-order valence-electron chi connectivity index (χ1n) is 6.81. The normalized spacial score (nSPS) is 10.8. The Bertz CT molecular complexity index is 933. The highest BCUT2D eigenvalue weighted by Gasteiger charge is 2.21. The lowest BCUT2D eigenvalue weighted by Crippen LogP contribution is -2.30. The molecule has 0 saturated heterocycles. The summed E-state index contributed by atoms with van der Waals surface area (Å²) in [5.74, 6) is -1.43. The Kier molecular flexibility index (Phi) is 5.55. The van der Waals surface area contributed by atoms with Gasteiger partial charge in [0.05, 0.1) is 23.1 Å². The molecule has 1 aromatic heterocycles. The number of thiophene rings is 1. The van der Waals surface area contributed by atoms with Gasteiger partial charge in [-0.2, -0.15) is 0 Å². The second-order valence-electron chi connectivity index (χ2n) is 4.83. The number of hydrogen-bond donors (Lipinski definition) is 2. The van der Waals surface area contributed by atoms with Crippen molar-refractivity contribution in [1.29, 1.82) is 0 Å². The van der Waals surface area contributed by atoms with Crippen LogP contribution in [0.15, 0.2) is 40.6 Å². The van der Waals surface area contributed by atoms with Crippen LogP contribution < -0.4 is 10.6 Å². The highest BCUT2D eigenvalue weighted by atomic mass is 32.2. The molecular weight excluding hydrogens is 368 g/mol. The minimum absolute atomic E-state index is 0.0438. The molecule has 1 aromatic carbocycles. The first kappa shape index (κ1) is 18.6. The van der Waals surface area contributed by atoms with Crippen molar-refractivity contribution in [2.45, 2.75) is 4.90 Å². The van der Waals surface area contributed by atoms with Gasteiger partial charge in [-0.3, -0.25) is 14.9 Å². The van der Waals surface area contributed by atoms with Gasteiger partial charge in [-0.15, -0.1) is 11.3 Å². The summed E-state index contributed by atoms with van der Waals surface area (Å²) in [4.78, 5) is 35.4. The Morgan fingerprint density at radius 1 is 1.04 bits per heavy atom. The van der Waals surface area contributed by atoms with Crippen LogP contribution in [0.3, 0.4) is 0 Å². The van der Waals surface area contributed by atoms with Crippen molar-refractivity contribution in [2.75, 3.05) is 18.7 Å². The van der Waals surface area contributed by atoms with E-state index in [4.69, 9.17) is 0 Å². The van der Waals surface area contributed by atoms with Crippen LogP contribution in [-0.2, 0) is 14.6 Å². The first-order valence-corrected chi connectivity index (χ1v) is 9.58. The number of carbonyl (C=O) groups excluding carboxylic acids is 3. The fourth-order valence-corrected chi connectivity index (χ4v) is 3.61. The molecule has 0 unspecified atom stereocenters. The molecular formula is C15H14N2O6S2. The molecule has 8 nitrogen and oxygen atoms in total. The van der Waals surface area contributed by atoms with Crippen molar-refractivity contribution in [3.8, 4) is 0 Å². The maximum absolute atomic E-state index is 12.4. The molecule has 0 aliphatic heterocycles. The average Bonchev–Trinajstić information content (AvgIpc) is 3.02. The third-order valence-corrected chi connectivity index (χ3v) is 5.05. The molecule has 10 heteroatoms. The molecule has 3 amide bonds. The van der Waals surface area contributed by atoms with E-state index >= 15 is 0 Å². The smallest absolute Gasteiger partial charge is 0.413 e. The molecule has 0 atom stereocenters. The predicted octanol–water partition coefficient (Wildman–Crippen LogP) is 1.90. The summed E-state index contributed by atoms with van der Waals surface area (Å²) in [6.07, 6.45) is 0.0651. The molecule has 2 aromatic rings. The van der Waals surface area contributed by atoms with Crippen molar-refractivity contribution >= 4 is 44.1 Å². The maximum atomic E-state index is 12.4. The Balaban J connectivity index is 2.28. The lowest BCUT2D eigenvalue weighted by atomic mass is 10.2. The molecule has 2 N–H and O–H groups in total. The molecule has 0 aliphatic rings. The van der Waals surface area contributed by atoms with E-state index in [9.17, 15) is 22.8 Å². The average molecular weight is 382 g/mol. The highest BCUT2D eigenvalue weighted by Crippen LogP contribution is 2.25. The molecule has 0 fully saturated rings. The van der Waals surface area contributed by atoms with Gasteiger partial charge < -0.3 is 10.1 Å². The minimum Gasteiger partial charge on any atom is -0.453 e. The summed E-state index contributed by atoms with van der Waals surface area (Å²) in [6.45, 7) is 0. The zero-order chi connectivity index (χ0) is 18.6. The third-order valence-electron chi connectivity index (χ3n) is 3.07. The van der Waals surface area contributed by atoms with E-state index < -0.39 is 27.7 Å². The van der Waals surface area contributed by atoms with Crippen LogP contribution in [0.2, 0.25) is 0 Å². The minimum atomic E-state index is -3.60. The molecule has 2 rings (SSSR count). The summed E-state index contributed by atoms with van der Waals surface area (Å²) in [5.41, 5.74) is 0.0123. The quantitative estimate of drug-likeness (QED) is 0.834. The summed E-state index contributed by atoms with van der Waals surface area (Å²) in [6, 6.07) is 7.15. The van der Waals surface area contributed by atoms with E-state index in [1.54, 1.807) is 5.38 Å². The zero-order valence-corrected chi connectivity index (χ0v) is 14.9. The van der Waals surface area contributed by atoms with E-state index in [0.717, 1.165) is 24.7 Å². The Labute approximate surface area is 147 Å². The number of benzene rings is 1. The van der Waals surface area contributed by atoms with Crippen molar-refractivity contribution < 1.29 is 27.5 Å². The van der Waals surface area contributed by atoms with Gasteiger partial charge >= 0.3 is 6.09 Å². The molecule has 132 valence electrons. The number of sulfone groups is 1. The molecule has 1 heterocycles. The van der Waals surface area contributed by atoms with Crippen LogP contribution in [0.1, 0.15) is 20.7 Å². The van der Waals surface area contributed by atoms with Crippen molar-refractivity contribution in [2.24, 2.45) is 0 Å². The van der Waals surface area contributed by atoms with Gasteiger partial charge in [0.15, 0.2) is 9.84 Å². The van der Waals surface area contributed by atoms with Gasteiger partial charge in [-0.05, 0) is 23.6 Å². The SMILES string of the molecule is COC(=O)NC(=O)c1ccsc1NC(=O)c1ccccc1S(C)(=O)=O. The van der Waals surface area contributed by atoms with E-state index in [0.29, 0.717) is 0 Å². The summed E-state index contributed by atoms with van der Waals surface area (Å²) < 4.78 is 27.9. The number of imide groups is 1. The molecule has 0 spiro atoms. The van der Waals surface area contributed by atoms with Gasteiger partial charge in [-0.1, -0.05) is 12.1 Å². The number of ether oxygens (including phenoxy) is 1. The predicted molar refractivity (Wildman–Crippen MR) is 91.7 cm³/mol. The Morgan fingerprint density at radius 3 is 2.36 bits per heavy atom. The van der Waals surface area contributed by atoms with Gasteiger partial charge in [0.25, 0.3) is 11.8 Å². The van der Waals surface area contributed by atoms with Crippen molar-refractivity contribution in [3.63, 3.8) is 0 Å². The zero-order valence-electron chi connectivity index (χ0n) is 13.2. The fraction of sp³-hybridized carbons (Fsp3) is 0.133. The molecule has 0 aliphatic carbocycles. The van der Waals surface area contributed by atoms with Crippen LogP contribution in [0.4, 0.5) is 9.80 Å². The van der Waals surface area contributed by atoms with Crippen LogP contribution in [0, 0.1) is 0 Å². The summed E-state index contributed by atoms with van der Waals surface area (Å²) >= 11 is 1.05. The lowest BCUT2D eigenvalue weighted by molar-refractivity contribution is 0.0938. The lowest BCUT2D eigenvalue weighted by Gasteiger charge is -2.09. The first-order chi connectivity index (χ1) is 11.7. The fourth-order valence-electron chi connectivity index (χ4n) is 1.94. The van der Waals surface area contributed by atoms with Gasteiger partial charge in [0, 0.05) is 6.26 Å². The highest BCUT2D eigenvalue weighted by molar-refractivity contribution is 7.90. The second kappa shape index (κ2) is 7.45. The molecule has 0 radical (unpaired) electrons. The second-order valence-corrected chi connectivity index (χ2v) is 7.73. The van der Waals surface area contributed by atoms with Gasteiger partial charge in [0.1, 0.15) is 5.00 Å². The number of anilines is 1. The number of nitrogens with one attached hydrogen (secondary N) is 2. The van der Waals surface area contributed by atoms with E-state index in [-0.39, 0.29) is 21.0 Å². The largest absolute Gasteiger partial charge is 0.453 e. The standard InChI is InChI=1S/C15H14N2O6S2/c1-23-15(20)17-13(19)10-7-8-24-14(10)16-12(18)9-5-3-4-6-11(9)25(2,21)22/h3-8H,1-2H3,(H,16,18)(H,17,19,20). The summed E-state index contributed by atoms with van der Waals surface area (Å²) in [5, 5.41) is 6.20. The van der Waals surface area contributed by atoms with E-state index in [2.05, 4.69) is 10.1 Å². The Hall–Kier alpha value is -2.72. The summed E-state index contributed by atoms with van der Waals surface area (Å²) in [7, 11) is -2.49. The number of hydrogen-bond acceptors (Lipinski definition) is 7. The van der Waals surface area contributed by atoms with Gasteiger partial charge in [0.2, 0.25) is 0 Å². The van der Waals surface area contributed by atoms with Crippen LogP contribution in [-0.4, -0.2) is 39.7 Å². The van der Waals surface area contributed by atoms with Gasteiger partial charge in [-0.25, -0.2) is 13.2 Å². The number of carbonyl (C=O) groups is 3. The number of alkyl carbamates (subject to hydrolysis) is 1. The molecule has 0 bridgehead atoms. The van der Waals surface area contributed by atoms with Crippen LogP contribution >= 0.6 is 11.3 Å². The van der Waals surface area contributed by atoms with Crippen LogP contribution in [0.5, 0.6) is 0 Å². The van der Waals surface area contributed by atoms with E-state index in [1.807, 2.05) is 5.32 Å². The van der Waals surface area contributed by atoms with Crippen molar-refractivity contribution in [3.05, 3.63) is 46.8 Å². The number of methoxy groups -OCH3 is 1. The molecule has 0 saturated carbocycles. The van der Waals surface area contributed by atoms with E-state index in [1.165, 1.54) is 30.3 Å².